The first-order valence-electron chi connectivity index (χ1n) is 5.17. The zero-order valence-corrected chi connectivity index (χ0v) is 9.41. The van der Waals surface area contributed by atoms with E-state index in [1.807, 2.05) is 0 Å². The van der Waals surface area contributed by atoms with Gasteiger partial charge in [-0.15, -0.1) is 0 Å². The second-order valence-corrected chi connectivity index (χ2v) is 3.96. The molecule has 2 rings (SSSR count). The van der Waals surface area contributed by atoms with E-state index in [1.165, 1.54) is 22.2 Å². The summed E-state index contributed by atoms with van der Waals surface area (Å²) >= 11 is 0. The zero-order chi connectivity index (χ0) is 11.0. The number of nitrogens with two attached hydrogens (primary N) is 1. The van der Waals surface area contributed by atoms with Gasteiger partial charge in [-0.3, -0.25) is 11.3 Å². The Labute approximate surface area is 89.9 Å². The molecule has 0 radical (unpaired) electrons. The van der Waals surface area contributed by atoms with Gasteiger partial charge in [-0.1, -0.05) is 18.2 Å². The molecule has 0 fully saturated rings. The number of benzene rings is 1. The Balaban J connectivity index is 2.77. The fraction of sp³-hybridized carbons (Fsp3) is 0.333. The molecule has 0 bridgehead atoms. The van der Waals surface area contributed by atoms with Gasteiger partial charge in [-0.25, -0.2) is 0 Å². The molecule has 1 heterocycles. The molecule has 15 heavy (non-hydrogen) atoms. The van der Waals surface area contributed by atoms with E-state index in [0.29, 0.717) is 0 Å². The highest BCUT2D eigenvalue weighted by atomic mass is 15.2. The van der Waals surface area contributed by atoms with Crippen LogP contribution in [0.15, 0.2) is 24.3 Å². The van der Waals surface area contributed by atoms with Crippen molar-refractivity contribution in [2.75, 3.05) is 0 Å². The number of aromatic nitrogens is 1. The lowest BCUT2D eigenvalue weighted by atomic mass is 10.1. The normalized spacial score (nSPS) is 13.3. The van der Waals surface area contributed by atoms with E-state index < -0.39 is 0 Å². The summed E-state index contributed by atoms with van der Waals surface area (Å²) in [7, 11) is 2.09. The van der Waals surface area contributed by atoms with Gasteiger partial charge in [0.2, 0.25) is 0 Å². The van der Waals surface area contributed by atoms with Crippen LogP contribution in [0.4, 0.5) is 0 Å². The van der Waals surface area contributed by atoms with E-state index in [0.717, 1.165) is 0 Å². The smallest absolute Gasteiger partial charge is 0.0483 e. The van der Waals surface area contributed by atoms with Gasteiger partial charge in [-0.2, -0.15) is 0 Å². The van der Waals surface area contributed by atoms with Gasteiger partial charge in [0.25, 0.3) is 0 Å². The Morgan fingerprint density at radius 3 is 2.67 bits per heavy atom. The van der Waals surface area contributed by atoms with Gasteiger partial charge in [0, 0.05) is 29.7 Å². The van der Waals surface area contributed by atoms with Crippen molar-refractivity contribution in [1.82, 2.24) is 9.99 Å². The van der Waals surface area contributed by atoms with E-state index in [-0.39, 0.29) is 6.04 Å². The first-order valence-corrected chi connectivity index (χ1v) is 5.17. The van der Waals surface area contributed by atoms with Crippen LogP contribution in [0.1, 0.15) is 24.2 Å². The van der Waals surface area contributed by atoms with Crippen LogP contribution in [-0.2, 0) is 7.05 Å². The van der Waals surface area contributed by atoms with E-state index >= 15 is 0 Å². The average molecular weight is 203 g/mol. The van der Waals surface area contributed by atoms with Crippen molar-refractivity contribution < 1.29 is 0 Å². The molecular weight excluding hydrogens is 186 g/mol. The van der Waals surface area contributed by atoms with Crippen LogP contribution in [0.3, 0.4) is 0 Å². The third-order valence-corrected chi connectivity index (χ3v) is 3.13. The highest BCUT2D eigenvalue weighted by Crippen LogP contribution is 2.29. The summed E-state index contributed by atoms with van der Waals surface area (Å²) in [6, 6.07) is 8.58. The Bertz CT molecular complexity index is 485. The van der Waals surface area contributed by atoms with Crippen molar-refractivity contribution in [3.8, 4) is 0 Å². The molecule has 0 aliphatic carbocycles. The minimum atomic E-state index is 0.177. The van der Waals surface area contributed by atoms with Crippen molar-refractivity contribution in [2.45, 2.75) is 19.9 Å². The molecular formula is C12H17N3. The number of nitrogens with zero attached hydrogens (tertiary/aromatic N) is 1. The number of hydrogen-bond acceptors (Lipinski definition) is 2. The molecule has 1 aromatic heterocycles. The molecule has 1 atom stereocenters. The first kappa shape index (κ1) is 10.2. The summed E-state index contributed by atoms with van der Waals surface area (Å²) in [6.07, 6.45) is 0. The molecule has 0 aliphatic rings. The summed E-state index contributed by atoms with van der Waals surface area (Å²) < 4.78 is 2.21. The third-order valence-electron chi connectivity index (χ3n) is 3.13. The first-order chi connectivity index (χ1) is 7.16. The largest absolute Gasteiger partial charge is 0.348 e. The number of nitrogens with one attached hydrogen (secondary N) is 1. The standard InChI is InChI=1S/C12H17N3/c1-8(14-13)12-9(2)15(3)11-7-5-4-6-10(11)12/h4-8,14H,13H2,1-3H3. The van der Waals surface area contributed by atoms with Crippen LogP contribution in [0.25, 0.3) is 10.9 Å². The highest BCUT2D eigenvalue weighted by molar-refractivity contribution is 5.85. The second kappa shape index (κ2) is 3.68. The van der Waals surface area contributed by atoms with Gasteiger partial charge in [0.05, 0.1) is 0 Å². The van der Waals surface area contributed by atoms with Gasteiger partial charge >= 0.3 is 0 Å². The maximum absolute atomic E-state index is 5.51. The third kappa shape index (κ3) is 1.44. The van der Waals surface area contributed by atoms with Crippen molar-refractivity contribution in [2.24, 2.45) is 12.9 Å². The van der Waals surface area contributed by atoms with Crippen LogP contribution in [0.5, 0.6) is 0 Å². The highest BCUT2D eigenvalue weighted by Gasteiger charge is 2.15. The molecule has 3 heteroatoms. The summed E-state index contributed by atoms with van der Waals surface area (Å²) in [5.41, 5.74) is 6.62. The van der Waals surface area contributed by atoms with Gasteiger partial charge in [0.1, 0.15) is 0 Å². The Morgan fingerprint density at radius 1 is 1.33 bits per heavy atom. The summed E-state index contributed by atoms with van der Waals surface area (Å²) in [5, 5.41) is 1.28. The predicted octanol–water partition coefficient (Wildman–Crippen LogP) is 2.01. The molecule has 1 aromatic carbocycles. The monoisotopic (exact) mass is 203 g/mol. The van der Waals surface area contributed by atoms with Crippen molar-refractivity contribution >= 4 is 10.9 Å². The Kier molecular flexibility index (Phi) is 2.50. The topological polar surface area (TPSA) is 43.0 Å². The lowest BCUT2D eigenvalue weighted by Crippen LogP contribution is -2.26. The van der Waals surface area contributed by atoms with Crippen LogP contribution in [0.2, 0.25) is 0 Å². The lowest BCUT2D eigenvalue weighted by molar-refractivity contribution is 0.600. The average Bonchev–Trinajstić information content (AvgIpc) is 2.52. The van der Waals surface area contributed by atoms with Gasteiger partial charge in [0.15, 0.2) is 0 Å². The number of fused-ring (bicyclic) bond motifs is 1. The molecule has 0 amide bonds. The van der Waals surface area contributed by atoms with Crippen molar-refractivity contribution in [1.29, 1.82) is 0 Å². The maximum Gasteiger partial charge on any atom is 0.0483 e. The molecule has 3 N–H and O–H groups in total. The number of para-hydroxylation sites is 1. The van der Waals surface area contributed by atoms with E-state index in [9.17, 15) is 0 Å². The molecule has 0 aliphatic heterocycles. The van der Waals surface area contributed by atoms with E-state index in [1.54, 1.807) is 0 Å². The fourth-order valence-corrected chi connectivity index (χ4v) is 2.18. The number of hydrazine groups is 1. The molecule has 1 unspecified atom stereocenters. The van der Waals surface area contributed by atoms with Crippen molar-refractivity contribution in [3.63, 3.8) is 0 Å². The number of aryl methyl sites for hydroxylation is 1. The van der Waals surface area contributed by atoms with Crippen LogP contribution >= 0.6 is 0 Å². The number of hydrogen-bond donors (Lipinski definition) is 2. The summed E-state index contributed by atoms with van der Waals surface area (Å²) in [5.74, 6) is 5.51. The van der Waals surface area contributed by atoms with Crippen molar-refractivity contribution in [3.05, 3.63) is 35.5 Å². The molecule has 0 spiro atoms. The quantitative estimate of drug-likeness (QED) is 0.579. The summed E-state index contributed by atoms with van der Waals surface area (Å²) in [4.78, 5) is 0. The van der Waals surface area contributed by atoms with Gasteiger partial charge < -0.3 is 4.57 Å². The van der Waals surface area contributed by atoms with E-state index in [4.69, 9.17) is 5.84 Å². The molecule has 2 aromatic rings. The van der Waals surface area contributed by atoms with Crippen LogP contribution in [-0.4, -0.2) is 4.57 Å². The second-order valence-electron chi connectivity index (χ2n) is 3.96. The Morgan fingerprint density at radius 2 is 2.00 bits per heavy atom. The van der Waals surface area contributed by atoms with Crippen LogP contribution in [0, 0.1) is 6.92 Å². The molecule has 80 valence electrons. The number of rotatable bonds is 2. The molecule has 3 nitrogen and oxygen atoms in total. The minimum absolute atomic E-state index is 0.177. The SMILES string of the molecule is Cc1c(C(C)NN)c2ccccc2n1C. The van der Waals surface area contributed by atoms with E-state index in [2.05, 4.69) is 55.2 Å². The van der Waals surface area contributed by atoms with Crippen LogP contribution < -0.4 is 11.3 Å². The maximum atomic E-state index is 5.51. The summed E-state index contributed by atoms with van der Waals surface area (Å²) in [6.45, 7) is 4.21. The molecule has 0 saturated carbocycles. The predicted molar refractivity (Wildman–Crippen MR) is 63.4 cm³/mol. The molecule has 0 saturated heterocycles. The lowest BCUT2D eigenvalue weighted by Gasteiger charge is -2.10. The van der Waals surface area contributed by atoms with Gasteiger partial charge in [-0.05, 0) is 25.5 Å². The zero-order valence-electron chi connectivity index (χ0n) is 9.41. The minimum Gasteiger partial charge on any atom is -0.348 e. The fourth-order valence-electron chi connectivity index (χ4n) is 2.18. The Hall–Kier alpha value is -1.32.